The summed E-state index contributed by atoms with van der Waals surface area (Å²) in [6.07, 6.45) is 0.139. The van der Waals surface area contributed by atoms with Gasteiger partial charge in [0.15, 0.2) is 0 Å². The third kappa shape index (κ3) is 3.90. The van der Waals surface area contributed by atoms with Crippen LogP contribution in [0.4, 0.5) is 0 Å². The van der Waals surface area contributed by atoms with E-state index in [-0.39, 0.29) is 6.16 Å². The van der Waals surface area contributed by atoms with Gasteiger partial charge in [0, 0.05) is 0 Å². The first-order chi connectivity index (χ1) is 2.27. The van der Waals surface area contributed by atoms with Crippen LogP contribution < -0.4 is 0 Å². The van der Waals surface area contributed by atoms with E-state index in [1.54, 1.807) is 0 Å². The Kier molecular flexibility index (Phi) is 2.11. The number of carboxylic acids is 1. The SMILES string of the molecule is O=C(O)CP. The van der Waals surface area contributed by atoms with E-state index < -0.39 is 5.97 Å². The standard InChI is InChI=1S/C2H5O2P/c3-2(4)1-5/h1,5H2,(H,3,4). The van der Waals surface area contributed by atoms with Crippen LogP contribution in [0.25, 0.3) is 0 Å². The fourth-order valence-electron chi connectivity index (χ4n) is 0. The third-order valence-corrected chi connectivity index (χ3v) is 0.524. The number of hydrogen-bond acceptors (Lipinski definition) is 1. The highest BCUT2D eigenvalue weighted by Crippen LogP contribution is 1.74. The molecule has 30 valence electrons. The second-order valence-electron chi connectivity index (χ2n) is 0.598. The first-order valence-corrected chi connectivity index (χ1v) is 2.01. The van der Waals surface area contributed by atoms with Crippen molar-refractivity contribution < 1.29 is 9.90 Å². The Labute approximate surface area is 32.4 Å². The highest BCUT2D eigenvalue weighted by atomic mass is 31.0. The zero-order valence-electron chi connectivity index (χ0n) is 2.64. The lowest BCUT2D eigenvalue weighted by Gasteiger charge is -1.72. The first-order valence-electron chi connectivity index (χ1n) is 1.19. The van der Waals surface area contributed by atoms with Crippen molar-refractivity contribution >= 4 is 15.2 Å². The molecule has 0 aliphatic heterocycles. The van der Waals surface area contributed by atoms with Gasteiger partial charge in [0.05, 0.1) is 6.16 Å². The Balaban J connectivity index is 2.85. The predicted octanol–water partition coefficient (Wildman–Crippen LogP) is -0.0539. The van der Waals surface area contributed by atoms with Gasteiger partial charge in [0.2, 0.25) is 0 Å². The lowest BCUT2D eigenvalue weighted by Crippen LogP contribution is -1.92. The number of carbonyl (C=O) groups is 1. The molecule has 0 radical (unpaired) electrons. The summed E-state index contributed by atoms with van der Waals surface area (Å²) >= 11 is 0. The smallest absolute Gasteiger partial charge is 0.307 e. The molecule has 0 aliphatic rings. The molecule has 2 nitrogen and oxygen atoms in total. The maximum absolute atomic E-state index is 9.35. The molecule has 5 heavy (non-hydrogen) atoms. The van der Waals surface area contributed by atoms with Crippen LogP contribution in [-0.4, -0.2) is 17.2 Å². The molecule has 0 aromatic heterocycles. The van der Waals surface area contributed by atoms with Crippen molar-refractivity contribution in [3.8, 4) is 0 Å². The van der Waals surface area contributed by atoms with Crippen LogP contribution in [0.2, 0.25) is 0 Å². The molecule has 0 spiro atoms. The van der Waals surface area contributed by atoms with Gasteiger partial charge in [-0.15, -0.1) is 9.24 Å². The lowest BCUT2D eigenvalue weighted by atomic mass is 10.8. The van der Waals surface area contributed by atoms with Crippen LogP contribution >= 0.6 is 9.24 Å². The van der Waals surface area contributed by atoms with Crippen LogP contribution in [0.5, 0.6) is 0 Å². The summed E-state index contributed by atoms with van der Waals surface area (Å²) in [4.78, 5) is 9.35. The highest BCUT2D eigenvalue weighted by Gasteiger charge is 1.81. The normalized spacial score (nSPS) is 7.40. The van der Waals surface area contributed by atoms with Crippen molar-refractivity contribution in [2.24, 2.45) is 0 Å². The van der Waals surface area contributed by atoms with Crippen LogP contribution in [0.3, 0.4) is 0 Å². The molecular weight excluding hydrogens is 87.0 g/mol. The Hall–Kier alpha value is -0.100. The average molecular weight is 92.0 g/mol. The van der Waals surface area contributed by atoms with Gasteiger partial charge in [-0.05, 0) is 0 Å². The van der Waals surface area contributed by atoms with Crippen molar-refractivity contribution in [3.63, 3.8) is 0 Å². The second kappa shape index (κ2) is 2.16. The number of rotatable bonds is 1. The molecule has 0 heterocycles. The quantitative estimate of drug-likeness (QED) is 0.460. The van der Waals surface area contributed by atoms with Gasteiger partial charge in [-0.1, -0.05) is 0 Å². The summed E-state index contributed by atoms with van der Waals surface area (Å²) in [6.45, 7) is 0. The average Bonchev–Trinajstić information content (AvgIpc) is 1.38. The number of carboxylic acid groups (broad SMARTS) is 1. The molecule has 1 unspecified atom stereocenters. The summed E-state index contributed by atoms with van der Waals surface area (Å²) in [5, 5.41) is 7.70. The molecule has 0 fully saturated rings. The predicted molar refractivity (Wildman–Crippen MR) is 22.2 cm³/mol. The Morgan fingerprint density at radius 2 is 2.20 bits per heavy atom. The van der Waals surface area contributed by atoms with E-state index in [2.05, 4.69) is 9.24 Å². The molecule has 0 aliphatic carbocycles. The van der Waals surface area contributed by atoms with Crippen molar-refractivity contribution in [2.75, 3.05) is 6.16 Å². The summed E-state index contributed by atoms with van der Waals surface area (Å²) < 4.78 is 0. The maximum Gasteiger partial charge on any atom is 0.307 e. The van der Waals surface area contributed by atoms with Crippen LogP contribution in [0.1, 0.15) is 0 Å². The number of aliphatic carboxylic acids is 1. The summed E-state index contributed by atoms with van der Waals surface area (Å²) in [7, 11) is 2.09. The van der Waals surface area contributed by atoms with Crippen molar-refractivity contribution in [3.05, 3.63) is 0 Å². The minimum Gasteiger partial charge on any atom is -0.481 e. The molecular formula is C2H5O2P. The monoisotopic (exact) mass is 92.0 g/mol. The lowest BCUT2D eigenvalue weighted by molar-refractivity contribution is -0.133. The van der Waals surface area contributed by atoms with Crippen LogP contribution in [0, 0.1) is 0 Å². The van der Waals surface area contributed by atoms with Crippen molar-refractivity contribution in [1.82, 2.24) is 0 Å². The molecule has 0 saturated heterocycles. The molecule has 0 aromatic rings. The third-order valence-electron chi connectivity index (χ3n) is 0.175. The summed E-state index contributed by atoms with van der Waals surface area (Å²) in [5.41, 5.74) is 0. The van der Waals surface area contributed by atoms with Gasteiger partial charge in [-0.2, -0.15) is 0 Å². The van der Waals surface area contributed by atoms with Gasteiger partial charge in [-0.3, -0.25) is 4.79 Å². The van der Waals surface area contributed by atoms with E-state index in [9.17, 15) is 4.79 Å². The van der Waals surface area contributed by atoms with Gasteiger partial charge in [-0.25, -0.2) is 0 Å². The molecule has 1 atom stereocenters. The van der Waals surface area contributed by atoms with E-state index in [1.165, 1.54) is 0 Å². The van der Waals surface area contributed by atoms with Crippen LogP contribution in [-0.2, 0) is 4.79 Å². The fraction of sp³-hybridized carbons (Fsp3) is 0.500. The van der Waals surface area contributed by atoms with Gasteiger partial charge in [0.25, 0.3) is 0 Å². The topological polar surface area (TPSA) is 37.3 Å². The van der Waals surface area contributed by atoms with Crippen molar-refractivity contribution in [2.45, 2.75) is 0 Å². The molecule has 0 bridgehead atoms. The maximum atomic E-state index is 9.35. The Bertz CT molecular complexity index is 42.9. The summed E-state index contributed by atoms with van der Waals surface area (Å²) in [5.74, 6) is -0.782. The Morgan fingerprint density at radius 1 is 2.00 bits per heavy atom. The minimum atomic E-state index is -0.782. The van der Waals surface area contributed by atoms with E-state index in [0.29, 0.717) is 0 Å². The Morgan fingerprint density at radius 3 is 2.20 bits per heavy atom. The zero-order chi connectivity index (χ0) is 4.28. The number of hydrogen-bond donors (Lipinski definition) is 1. The minimum absolute atomic E-state index is 0.139. The fourth-order valence-corrected chi connectivity index (χ4v) is 0. The second-order valence-corrected chi connectivity index (χ2v) is 1.01. The van der Waals surface area contributed by atoms with E-state index in [0.717, 1.165) is 0 Å². The van der Waals surface area contributed by atoms with E-state index >= 15 is 0 Å². The molecule has 0 saturated carbocycles. The van der Waals surface area contributed by atoms with Gasteiger partial charge >= 0.3 is 5.97 Å². The molecule has 1 N–H and O–H groups in total. The van der Waals surface area contributed by atoms with Gasteiger partial charge < -0.3 is 5.11 Å². The molecule has 0 aromatic carbocycles. The van der Waals surface area contributed by atoms with Crippen LogP contribution in [0.15, 0.2) is 0 Å². The summed E-state index contributed by atoms with van der Waals surface area (Å²) in [6, 6.07) is 0. The van der Waals surface area contributed by atoms with Gasteiger partial charge in [0.1, 0.15) is 0 Å². The van der Waals surface area contributed by atoms with E-state index in [4.69, 9.17) is 5.11 Å². The molecule has 0 amide bonds. The molecule has 3 heteroatoms. The highest BCUT2D eigenvalue weighted by molar-refractivity contribution is 7.18. The zero-order valence-corrected chi connectivity index (χ0v) is 3.79. The van der Waals surface area contributed by atoms with Crippen molar-refractivity contribution in [1.29, 1.82) is 0 Å². The largest absolute Gasteiger partial charge is 0.481 e. The van der Waals surface area contributed by atoms with E-state index in [1.807, 2.05) is 0 Å². The first kappa shape index (κ1) is 4.90. The molecule has 0 rings (SSSR count).